The predicted octanol–water partition coefficient (Wildman–Crippen LogP) is 2.52. The van der Waals surface area contributed by atoms with Crippen molar-refractivity contribution in [3.05, 3.63) is 52.6 Å². The number of carboxylic acids is 1. The molecular formula is C16H12FN3O3S. The van der Waals surface area contributed by atoms with Gasteiger partial charge in [0.15, 0.2) is 0 Å². The van der Waals surface area contributed by atoms with Crippen LogP contribution in [0.1, 0.15) is 17.3 Å². The first-order valence-corrected chi connectivity index (χ1v) is 8.13. The van der Waals surface area contributed by atoms with E-state index < -0.39 is 17.2 Å². The van der Waals surface area contributed by atoms with Crippen molar-refractivity contribution in [3.63, 3.8) is 0 Å². The van der Waals surface area contributed by atoms with Crippen LogP contribution >= 0.6 is 11.8 Å². The van der Waals surface area contributed by atoms with Gasteiger partial charge < -0.3 is 14.2 Å². The van der Waals surface area contributed by atoms with E-state index in [1.54, 1.807) is 21.5 Å². The van der Waals surface area contributed by atoms with E-state index in [0.29, 0.717) is 22.6 Å². The third kappa shape index (κ3) is 2.06. The van der Waals surface area contributed by atoms with Crippen LogP contribution in [-0.4, -0.2) is 30.4 Å². The molecule has 4 rings (SSSR count). The summed E-state index contributed by atoms with van der Waals surface area (Å²) < 4.78 is 18.1. The number of hydrogen-bond donors (Lipinski definition) is 1. The first kappa shape index (κ1) is 14.9. The van der Waals surface area contributed by atoms with Crippen molar-refractivity contribution < 1.29 is 14.3 Å². The molecule has 24 heavy (non-hydrogen) atoms. The van der Waals surface area contributed by atoms with E-state index >= 15 is 0 Å². The van der Waals surface area contributed by atoms with Gasteiger partial charge in [0.2, 0.25) is 5.43 Å². The maximum absolute atomic E-state index is 14.8. The number of carbonyl (C=O) groups is 1. The zero-order valence-corrected chi connectivity index (χ0v) is 13.4. The van der Waals surface area contributed by atoms with E-state index in [1.165, 1.54) is 24.3 Å². The minimum absolute atomic E-state index is 0.0886. The largest absolute Gasteiger partial charge is 0.477 e. The van der Waals surface area contributed by atoms with Crippen molar-refractivity contribution in [1.29, 1.82) is 0 Å². The molecule has 8 heteroatoms. The summed E-state index contributed by atoms with van der Waals surface area (Å²) in [5, 5.41) is 9.44. The van der Waals surface area contributed by atoms with Crippen LogP contribution in [0.15, 0.2) is 40.7 Å². The fraction of sp³-hybridized carbons (Fsp3) is 0.188. The second-order valence-electron chi connectivity index (χ2n) is 5.66. The Balaban J connectivity index is 2.18. The standard InChI is InChI=1S/C16H12FN3O3S/c1-8-5-20-6-10(16(22)23)14(21)9-4-11(17)13(15(24-8)12(9)20)19-3-2-18-7-19/h2-4,6-8H,5H2,1H3,(H,22,23). The van der Waals surface area contributed by atoms with E-state index in [-0.39, 0.29) is 16.2 Å². The Morgan fingerprint density at radius 2 is 2.29 bits per heavy atom. The summed E-state index contributed by atoms with van der Waals surface area (Å²) in [6.07, 6.45) is 6.03. The minimum Gasteiger partial charge on any atom is -0.477 e. The van der Waals surface area contributed by atoms with Gasteiger partial charge in [-0.05, 0) is 6.07 Å². The molecule has 2 aromatic heterocycles. The highest BCUT2D eigenvalue weighted by molar-refractivity contribution is 8.00. The molecule has 6 nitrogen and oxygen atoms in total. The smallest absolute Gasteiger partial charge is 0.341 e. The number of nitrogens with zero attached hydrogens (tertiary/aromatic N) is 3. The summed E-state index contributed by atoms with van der Waals surface area (Å²) in [4.78, 5) is 28.4. The van der Waals surface area contributed by atoms with Crippen LogP contribution < -0.4 is 5.43 Å². The van der Waals surface area contributed by atoms with Gasteiger partial charge in [0.05, 0.1) is 27.8 Å². The van der Waals surface area contributed by atoms with Gasteiger partial charge in [0, 0.05) is 30.4 Å². The van der Waals surface area contributed by atoms with Crippen molar-refractivity contribution in [2.75, 3.05) is 0 Å². The number of carboxylic acid groups (broad SMARTS) is 1. The number of thioether (sulfide) groups is 1. The molecule has 0 spiro atoms. The SMILES string of the molecule is CC1Cn2cc(C(=O)O)c(=O)c3cc(F)c(-n4ccnc4)c(c32)S1. The van der Waals surface area contributed by atoms with Crippen molar-refractivity contribution in [2.24, 2.45) is 0 Å². The number of halogens is 1. The zero-order valence-electron chi connectivity index (χ0n) is 12.6. The molecule has 0 amide bonds. The summed E-state index contributed by atoms with van der Waals surface area (Å²) >= 11 is 1.47. The molecule has 3 aromatic rings. The van der Waals surface area contributed by atoms with E-state index in [0.717, 1.165) is 6.07 Å². The fourth-order valence-electron chi connectivity index (χ4n) is 3.04. The molecule has 1 N–H and O–H groups in total. The highest BCUT2D eigenvalue weighted by Crippen LogP contribution is 2.40. The summed E-state index contributed by atoms with van der Waals surface area (Å²) in [5.41, 5.74) is -0.116. The van der Waals surface area contributed by atoms with E-state index in [1.807, 2.05) is 6.92 Å². The molecule has 0 bridgehead atoms. The zero-order chi connectivity index (χ0) is 17.0. The monoisotopic (exact) mass is 345 g/mol. The first-order chi connectivity index (χ1) is 11.5. The summed E-state index contributed by atoms with van der Waals surface area (Å²) in [6.45, 7) is 2.52. The van der Waals surface area contributed by atoms with Crippen molar-refractivity contribution in [1.82, 2.24) is 14.1 Å². The first-order valence-electron chi connectivity index (χ1n) is 7.25. The molecule has 0 radical (unpaired) electrons. The molecule has 122 valence electrons. The number of aromatic nitrogens is 3. The van der Waals surface area contributed by atoms with Gasteiger partial charge >= 0.3 is 5.97 Å². The lowest BCUT2D eigenvalue weighted by atomic mass is 10.1. The third-order valence-corrected chi connectivity index (χ3v) is 5.18. The minimum atomic E-state index is -1.31. The Hall–Kier alpha value is -2.61. The fourth-order valence-corrected chi connectivity index (χ4v) is 4.33. The molecule has 1 aliphatic heterocycles. The Kier molecular flexibility index (Phi) is 3.24. The van der Waals surface area contributed by atoms with Gasteiger partial charge in [0.1, 0.15) is 11.4 Å². The number of hydrogen-bond acceptors (Lipinski definition) is 4. The number of imidazole rings is 1. The second kappa shape index (κ2) is 5.20. The lowest BCUT2D eigenvalue weighted by Crippen LogP contribution is -2.24. The number of benzene rings is 1. The molecule has 1 aliphatic rings. The summed E-state index contributed by atoms with van der Waals surface area (Å²) in [6, 6.07) is 1.12. The highest BCUT2D eigenvalue weighted by atomic mass is 32.2. The van der Waals surface area contributed by atoms with Gasteiger partial charge in [0.25, 0.3) is 0 Å². The lowest BCUT2D eigenvalue weighted by molar-refractivity contribution is 0.0695. The van der Waals surface area contributed by atoms with E-state index in [9.17, 15) is 19.1 Å². The summed E-state index contributed by atoms with van der Waals surface area (Å²) in [7, 11) is 0. The Morgan fingerprint density at radius 3 is 2.96 bits per heavy atom. The Labute approximate surface area is 139 Å². The Bertz CT molecular complexity index is 1040. The second-order valence-corrected chi connectivity index (χ2v) is 7.11. The lowest BCUT2D eigenvalue weighted by Gasteiger charge is -2.27. The van der Waals surface area contributed by atoms with Gasteiger partial charge in [-0.25, -0.2) is 14.2 Å². The summed E-state index contributed by atoms with van der Waals surface area (Å²) in [5.74, 6) is -1.89. The average Bonchev–Trinajstić information content (AvgIpc) is 3.03. The van der Waals surface area contributed by atoms with Crippen LogP contribution in [0.25, 0.3) is 16.6 Å². The van der Waals surface area contributed by atoms with Crippen LogP contribution in [0.2, 0.25) is 0 Å². The molecule has 0 saturated heterocycles. The average molecular weight is 345 g/mol. The van der Waals surface area contributed by atoms with Crippen molar-refractivity contribution in [3.8, 4) is 5.69 Å². The molecule has 3 heterocycles. The normalized spacial score (nSPS) is 16.5. The molecule has 1 aromatic carbocycles. The molecule has 0 fully saturated rings. The number of aromatic carboxylic acids is 1. The molecule has 0 saturated carbocycles. The predicted molar refractivity (Wildman–Crippen MR) is 87.6 cm³/mol. The van der Waals surface area contributed by atoms with Crippen LogP contribution in [-0.2, 0) is 6.54 Å². The van der Waals surface area contributed by atoms with Crippen molar-refractivity contribution >= 4 is 28.6 Å². The third-order valence-electron chi connectivity index (χ3n) is 4.01. The maximum atomic E-state index is 14.8. The van der Waals surface area contributed by atoms with Crippen molar-refractivity contribution in [2.45, 2.75) is 23.6 Å². The molecule has 1 atom stereocenters. The van der Waals surface area contributed by atoms with Crippen LogP contribution in [0.5, 0.6) is 0 Å². The van der Waals surface area contributed by atoms with Crippen LogP contribution in [0.4, 0.5) is 4.39 Å². The van der Waals surface area contributed by atoms with Gasteiger partial charge in [-0.3, -0.25) is 4.79 Å². The van der Waals surface area contributed by atoms with E-state index in [2.05, 4.69) is 4.98 Å². The van der Waals surface area contributed by atoms with E-state index in [4.69, 9.17) is 0 Å². The highest BCUT2D eigenvalue weighted by Gasteiger charge is 2.27. The van der Waals surface area contributed by atoms with Gasteiger partial charge in [-0.2, -0.15) is 0 Å². The Morgan fingerprint density at radius 1 is 1.50 bits per heavy atom. The van der Waals surface area contributed by atoms with Gasteiger partial charge in [-0.1, -0.05) is 6.92 Å². The molecule has 0 aliphatic carbocycles. The maximum Gasteiger partial charge on any atom is 0.341 e. The van der Waals surface area contributed by atoms with Crippen LogP contribution in [0, 0.1) is 5.82 Å². The van der Waals surface area contributed by atoms with Gasteiger partial charge in [-0.15, -0.1) is 11.8 Å². The quantitative estimate of drug-likeness (QED) is 0.772. The van der Waals surface area contributed by atoms with Crippen LogP contribution in [0.3, 0.4) is 0 Å². The number of rotatable bonds is 2. The number of pyridine rings is 1. The topological polar surface area (TPSA) is 77.1 Å². The molecular weight excluding hydrogens is 333 g/mol. The molecule has 1 unspecified atom stereocenters.